The number of anilines is 1. The van der Waals surface area contributed by atoms with Crippen LogP contribution in [0.4, 0.5) is 18.9 Å². The SMILES string of the molecule is O=S(=O)(Nc1ccc2c(c1)OCO2)c1c[nH]c2cc(C(F)(F)F)ccc12. The van der Waals surface area contributed by atoms with Gasteiger partial charge in [0.05, 0.1) is 11.3 Å². The zero-order valence-electron chi connectivity index (χ0n) is 12.9. The van der Waals surface area contributed by atoms with Gasteiger partial charge < -0.3 is 14.5 Å². The summed E-state index contributed by atoms with van der Waals surface area (Å²) in [4.78, 5) is 2.42. The van der Waals surface area contributed by atoms with Crippen molar-refractivity contribution in [2.24, 2.45) is 0 Å². The Labute approximate surface area is 145 Å². The molecule has 0 unspecified atom stereocenters. The molecule has 0 saturated heterocycles. The monoisotopic (exact) mass is 384 g/mol. The molecule has 0 radical (unpaired) electrons. The Hall–Kier alpha value is -2.88. The third kappa shape index (κ3) is 2.81. The summed E-state index contributed by atoms with van der Waals surface area (Å²) in [6.07, 6.45) is -3.36. The van der Waals surface area contributed by atoms with Crippen molar-refractivity contribution in [1.29, 1.82) is 0 Å². The van der Waals surface area contributed by atoms with E-state index >= 15 is 0 Å². The summed E-state index contributed by atoms with van der Waals surface area (Å²) in [5.74, 6) is 0.902. The van der Waals surface area contributed by atoms with Crippen molar-refractivity contribution in [3.8, 4) is 11.5 Å². The third-order valence-corrected chi connectivity index (χ3v) is 5.31. The van der Waals surface area contributed by atoms with Gasteiger partial charge in [-0.05, 0) is 24.3 Å². The topological polar surface area (TPSA) is 80.4 Å². The molecule has 2 heterocycles. The highest BCUT2D eigenvalue weighted by molar-refractivity contribution is 7.93. The molecule has 26 heavy (non-hydrogen) atoms. The second-order valence-electron chi connectivity index (χ2n) is 5.58. The van der Waals surface area contributed by atoms with Crippen LogP contribution in [-0.4, -0.2) is 20.2 Å². The van der Waals surface area contributed by atoms with Gasteiger partial charge in [0.15, 0.2) is 11.5 Å². The van der Waals surface area contributed by atoms with Gasteiger partial charge in [0.1, 0.15) is 4.90 Å². The molecule has 0 amide bonds. The second-order valence-corrected chi connectivity index (χ2v) is 7.24. The number of halogens is 3. The fourth-order valence-corrected chi connectivity index (χ4v) is 3.90. The van der Waals surface area contributed by atoms with Crippen molar-refractivity contribution >= 4 is 26.6 Å². The lowest BCUT2D eigenvalue weighted by molar-refractivity contribution is -0.137. The van der Waals surface area contributed by atoms with Gasteiger partial charge in [-0.25, -0.2) is 8.42 Å². The van der Waals surface area contributed by atoms with Gasteiger partial charge in [0.25, 0.3) is 10.0 Å². The second kappa shape index (κ2) is 5.56. The molecule has 2 aromatic carbocycles. The van der Waals surface area contributed by atoms with Crippen LogP contribution in [0.1, 0.15) is 5.56 Å². The van der Waals surface area contributed by atoms with Gasteiger partial charge in [0, 0.05) is 23.2 Å². The molecule has 2 N–H and O–H groups in total. The molecule has 0 bridgehead atoms. The number of aromatic amines is 1. The third-order valence-electron chi connectivity index (χ3n) is 3.89. The minimum absolute atomic E-state index is 0.0511. The molecule has 6 nitrogen and oxygen atoms in total. The first kappa shape index (κ1) is 16.6. The number of fused-ring (bicyclic) bond motifs is 2. The number of rotatable bonds is 3. The lowest BCUT2D eigenvalue weighted by Crippen LogP contribution is -2.12. The molecule has 1 aromatic heterocycles. The van der Waals surface area contributed by atoms with Crippen LogP contribution in [0.2, 0.25) is 0 Å². The van der Waals surface area contributed by atoms with Crippen LogP contribution in [0.15, 0.2) is 47.5 Å². The summed E-state index contributed by atoms with van der Waals surface area (Å²) in [6.45, 7) is 0.0511. The Kier molecular flexibility index (Phi) is 3.55. The van der Waals surface area contributed by atoms with Crippen LogP contribution in [-0.2, 0) is 16.2 Å². The predicted molar refractivity (Wildman–Crippen MR) is 86.7 cm³/mol. The normalized spacial score (nSPS) is 14.0. The van der Waals surface area contributed by atoms with E-state index in [0.717, 1.165) is 24.4 Å². The molecule has 0 saturated carbocycles. The van der Waals surface area contributed by atoms with E-state index in [9.17, 15) is 21.6 Å². The van der Waals surface area contributed by atoms with Gasteiger partial charge in [-0.2, -0.15) is 13.2 Å². The van der Waals surface area contributed by atoms with Crippen LogP contribution in [0.25, 0.3) is 10.9 Å². The highest BCUT2D eigenvalue weighted by Gasteiger charge is 2.31. The maximum atomic E-state index is 12.8. The summed E-state index contributed by atoms with van der Waals surface area (Å²) in [5.41, 5.74) is -0.541. The van der Waals surface area contributed by atoms with Gasteiger partial charge in [-0.3, -0.25) is 4.72 Å². The Morgan fingerprint density at radius 3 is 2.58 bits per heavy atom. The van der Waals surface area contributed by atoms with Crippen LogP contribution in [0.5, 0.6) is 11.5 Å². The molecule has 0 aliphatic carbocycles. The lowest BCUT2D eigenvalue weighted by atomic mass is 10.1. The maximum Gasteiger partial charge on any atom is 0.416 e. The Morgan fingerprint density at radius 2 is 1.81 bits per heavy atom. The van der Waals surface area contributed by atoms with E-state index in [4.69, 9.17) is 9.47 Å². The van der Waals surface area contributed by atoms with Crippen molar-refractivity contribution in [3.63, 3.8) is 0 Å². The Bertz CT molecular complexity index is 1110. The van der Waals surface area contributed by atoms with E-state index in [0.29, 0.717) is 11.5 Å². The van der Waals surface area contributed by atoms with E-state index in [-0.39, 0.29) is 28.3 Å². The van der Waals surface area contributed by atoms with Crippen LogP contribution >= 0.6 is 0 Å². The number of H-pyrrole nitrogens is 1. The maximum absolute atomic E-state index is 12.8. The minimum Gasteiger partial charge on any atom is -0.454 e. The first-order valence-corrected chi connectivity index (χ1v) is 8.83. The van der Waals surface area contributed by atoms with E-state index in [1.54, 1.807) is 6.07 Å². The Balaban J connectivity index is 1.69. The lowest BCUT2D eigenvalue weighted by Gasteiger charge is -2.09. The predicted octanol–water partition coefficient (Wildman–Crippen LogP) is 3.72. The first-order chi connectivity index (χ1) is 12.2. The van der Waals surface area contributed by atoms with Gasteiger partial charge in [0.2, 0.25) is 6.79 Å². The average molecular weight is 384 g/mol. The van der Waals surface area contributed by atoms with Gasteiger partial charge >= 0.3 is 6.18 Å². The quantitative estimate of drug-likeness (QED) is 0.721. The molecule has 10 heteroatoms. The molecule has 3 aromatic rings. The smallest absolute Gasteiger partial charge is 0.416 e. The number of hydrogen-bond acceptors (Lipinski definition) is 4. The largest absolute Gasteiger partial charge is 0.454 e. The van der Waals surface area contributed by atoms with Crippen LogP contribution < -0.4 is 14.2 Å². The number of alkyl halides is 3. The molecule has 1 aliphatic rings. The molecule has 0 atom stereocenters. The number of aromatic nitrogens is 1. The van der Waals surface area contributed by atoms with Crippen molar-refractivity contribution in [2.45, 2.75) is 11.1 Å². The van der Waals surface area contributed by atoms with Crippen molar-refractivity contribution < 1.29 is 31.1 Å². The number of nitrogens with one attached hydrogen (secondary N) is 2. The fraction of sp³-hybridized carbons (Fsp3) is 0.125. The van der Waals surface area contributed by atoms with E-state index in [2.05, 4.69) is 9.71 Å². The number of sulfonamides is 1. The zero-order chi connectivity index (χ0) is 18.5. The highest BCUT2D eigenvalue weighted by Crippen LogP contribution is 2.36. The van der Waals surface area contributed by atoms with E-state index < -0.39 is 21.8 Å². The molecule has 1 aliphatic heterocycles. The van der Waals surface area contributed by atoms with Crippen molar-refractivity contribution in [3.05, 3.63) is 48.2 Å². The summed E-state index contributed by atoms with van der Waals surface area (Å²) in [5, 5.41) is 0.159. The zero-order valence-corrected chi connectivity index (χ0v) is 13.7. The highest BCUT2D eigenvalue weighted by atomic mass is 32.2. The van der Waals surface area contributed by atoms with Crippen LogP contribution in [0, 0.1) is 0 Å². The van der Waals surface area contributed by atoms with E-state index in [1.165, 1.54) is 12.1 Å². The fourth-order valence-electron chi connectivity index (χ4n) is 2.67. The summed E-state index contributed by atoms with van der Waals surface area (Å²) >= 11 is 0. The summed E-state index contributed by atoms with van der Waals surface area (Å²) in [7, 11) is -4.02. The molecule has 0 spiro atoms. The van der Waals surface area contributed by atoms with E-state index in [1.807, 2.05) is 0 Å². The molecule has 4 rings (SSSR count). The Morgan fingerprint density at radius 1 is 1.04 bits per heavy atom. The first-order valence-electron chi connectivity index (χ1n) is 7.35. The molecular weight excluding hydrogens is 373 g/mol. The van der Waals surface area contributed by atoms with Gasteiger partial charge in [-0.15, -0.1) is 0 Å². The summed E-state index contributed by atoms with van der Waals surface area (Å²) in [6, 6.07) is 7.37. The van der Waals surface area contributed by atoms with Crippen LogP contribution in [0.3, 0.4) is 0 Å². The minimum atomic E-state index is -4.51. The number of ether oxygens (including phenoxy) is 2. The van der Waals surface area contributed by atoms with Gasteiger partial charge in [-0.1, -0.05) is 6.07 Å². The standard InChI is InChI=1S/C16H11F3N2O4S/c17-16(18,19)9-1-3-11-12(5-9)20-7-15(11)26(22,23)21-10-2-4-13-14(6-10)25-8-24-13/h1-7,20-21H,8H2. The molecule has 136 valence electrons. The molecular formula is C16H11F3N2O4S. The van der Waals surface area contributed by atoms with Crippen molar-refractivity contribution in [2.75, 3.05) is 11.5 Å². The number of benzene rings is 2. The van der Waals surface area contributed by atoms with Crippen molar-refractivity contribution in [1.82, 2.24) is 4.98 Å². The molecule has 0 fully saturated rings. The summed E-state index contributed by atoms with van der Waals surface area (Å²) < 4.78 is 76.4. The average Bonchev–Trinajstić information content (AvgIpc) is 3.19. The number of hydrogen-bond donors (Lipinski definition) is 2.